The number of hydrogen-bond donors (Lipinski definition) is 1. The third-order valence-corrected chi connectivity index (χ3v) is 1.95. The fourth-order valence-corrected chi connectivity index (χ4v) is 1.27. The van der Waals surface area contributed by atoms with E-state index in [0.29, 0.717) is 0 Å². The number of phenols is 1. The molecule has 0 aliphatic rings. The van der Waals surface area contributed by atoms with Gasteiger partial charge in [0.25, 0.3) is 0 Å². The van der Waals surface area contributed by atoms with E-state index in [0.717, 1.165) is 6.07 Å². The number of ether oxygens (including phenoxy) is 2. The first-order valence-corrected chi connectivity index (χ1v) is 4.15. The van der Waals surface area contributed by atoms with E-state index >= 15 is 0 Å². The van der Waals surface area contributed by atoms with Crippen molar-refractivity contribution in [3.8, 4) is 23.3 Å². The summed E-state index contributed by atoms with van der Waals surface area (Å²) in [6.45, 7) is 0. The van der Waals surface area contributed by atoms with Crippen LogP contribution in [0.25, 0.3) is 0 Å². The van der Waals surface area contributed by atoms with Crippen LogP contribution in [0.2, 0.25) is 0 Å². The van der Waals surface area contributed by atoms with Gasteiger partial charge in [-0.3, -0.25) is 0 Å². The van der Waals surface area contributed by atoms with Crippen molar-refractivity contribution < 1.29 is 19.0 Å². The molecule has 0 aliphatic carbocycles. The Labute approximate surface area is 86.5 Å². The highest BCUT2D eigenvalue weighted by Gasteiger charge is 2.18. The molecule has 0 aliphatic heterocycles. The van der Waals surface area contributed by atoms with Gasteiger partial charge in [0.2, 0.25) is 0 Å². The van der Waals surface area contributed by atoms with Gasteiger partial charge in [0, 0.05) is 6.07 Å². The fraction of sp³-hybridized carbons (Fsp3) is 0.300. The van der Waals surface area contributed by atoms with E-state index < -0.39 is 11.6 Å². The molecular formula is C10H10FNO3. The number of halogens is 1. The summed E-state index contributed by atoms with van der Waals surface area (Å²) in [4.78, 5) is 0. The first kappa shape index (κ1) is 11.1. The Balaban J connectivity index is 3.43. The zero-order valence-corrected chi connectivity index (χ0v) is 8.37. The summed E-state index contributed by atoms with van der Waals surface area (Å²) >= 11 is 0. The van der Waals surface area contributed by atoms with Gasteiger partial charge in [0.15, 0.2) is 23.1 Å². The Morgan fingerprint density at radius 2 is 2.13 bits per heavy atom. The monoisotopic (exact) mass is 211 g/mol. The second kappa shape index (κ2) is 4.51. The number of phenolic OH excluding ortho intramolecular Hbond substituents is 1. The molecule has 0 unspecified atom stereocenters. The molecule has 0 atom stereocenters. The predicted molar refractivity (Wildman–Crippen MR) is 50.5 cm³/mol. The summed E-state index contributed by atoms with van der Waals surface area (Å²) in [6, 6.07) is 2.82. The van der Waals surface area contributed by atoms with Crippen molar-refractivity contribution in [2.24, 2.45) is 0 Å². The predicted octanol–water partition coefficient (Wildman–Crippen LogP) is 1.61. The van der Waals surface area contributed by atoms with Crippen LogP contribution >= 0.6 is 0 Å². The first-order valence-electron chi connectivity index (χ1n) is 4.15. The number of aromatic hydroxyl groups is 1. The molecule has 0 spiro atoms. The highest BCUT2D eigenvalue weighted by atomic mass is 19.1. The molecule has 1 N–H and O–H groups in total. The van der Waals surface area contributed by atoms with Crippen LogP contribution in [0, 0.1) is 17.1 Å². The minimum Gasteiger partial charge on any atom is -0.505 e. The smallest absolute Gasteiger partial charge is 0.169 e. The van der Waals surface area contributed by atoms with Gasteiger partial charge in [-0.2, -0.15) is 5.26 Å². The molecule has 0 heterocycles. The van der Waals surface area contributed by atoms with E-state index in [2.05, 4.69) is 0 Å². The zero-order valence-electron chi connectivity index (χ0n) is 8.37. The van der Waals surface area contributed by atoms with E-state index in [1.54, 1.807) is 0 Å². The van der Waals surface area contributed by atoms with Gasteiger partial charge in [0.1, 0.15) is 0 Å². The third-order valence-electron chi connectivity index (χ3n) is 1.95. The molecule has 0 aromatic heterocycles. The largest absolute Gasteiger partial charge is 0.505 e. The maximum absolute atomic E-state index is 13.2. The number of nitriles is 1. The van der Waals surface area contributed by atoms with Crippen molar-refractivity contribution in [2.75, 3.05) is 14.2 Å². The lowest BCUT2D eigenvalue weighted by molar-refractivity contribution is 0.340. The molecule has 5 heteroatoms. The minimum atomic E-state index is -0.835. The average Bonchev–Trinajstić information content (AvgIpc) is 2.24. The number of nitrogens with zero attached hydrogens (tertiary/aromatic N) is 1. The quantitative estimate of drug-likeness (QED) is 0.825. The molecule has 0 saturated carbocycles. The fourth-order valence-electron chi connectivity index (χ4n) is 1.27. The molecule has 0 saturated heterocycles. The highest BCUT2D eigenvalue weighted by Crippen LogP contribution is 2.38. The maximum atomic E-state index is 13.2. The average molecular weight is 211 g/mol. The zero-order chi connectivity index (χ0) is 11.4. The van der Waals surface area contributed by atoms with Crippen LogP contribution in [0.1, 0.15) is 5.56 Å². The van der Waals surface area contributed by atoms with E-state index in [1.807, 2.05) is 6.07 Å². The summed E-state index contributed by atoms with van der Waals surface area (Å²) in [5, 5.41) is 17.9. The van der Waals surface area contributed by atoms with E-state index in [-0.39, 0.29) is 23.5 Å². The summed E-state index contributed by atoms with van der Waals surface area (Å²) in [5.74, 6) is -1.08. The molecule has 4 nitrogen and oxygen atoms in total. The van der Waals surface area contributed by atoms with Crippen LogP contribution in [-0.2, 0) is 6.42 Å². The van der Waals surface area contributed by atoms with Crippen molar-refractivity contribution in [1.29, 1.82) is 5.26 Å². The SMILES string of the molecule is COc1cc(F)c(O)c(CC#N)c1OC. The second-order valence-corrected chi connectivity index (χ2v) is 2.76. The molecule has 0 amide bonds. The van der Waals surface area contributed by atoms with E-state index in [9.17, 15) is 9.50 Å². The van der Waals surface area contributed by atoms with Gasteiger partial charge >= 0.3 is 0 Å². The summed E-state index contributed by atoms with van der Waals surface area (Å²) in [7, 11) is 2.71. The van der Waals surface area contributed by atoms with Crippen molar-refractivity contribution in [3.63, 3.8) is 0 Å². The van der Waals surface area contributed by atoms with E-state index in [1.165, 1.54) is 14.2 Å². The molecule has 0 radical (unpaired) electrons. The molecule has 1 aromatic carbocycles. The van der Waals surface area contributed by atoms with Crippen LogP contribution in [0.4, 0.5) is 4.39 Å². The second-order valence-electron chi connectivity index (χ2n) is 2.76. The topological polar surface area (TPSA) is 62.5 Å². The van der Waals surface area contributed by atoms with Gasteiger partial charge in [-0.1, -0.05) is 0 Å². The lowest BCUT2D eigenvalue weighted by Crippen LogP contribution is -1.98. The number of rotatable bonds is 3. The van der Waals surface area contributed by atoms with Crippen molar-refractivity contribution in [3.05, 3.63) is 17.4 Å². The Hall–Kier alpha value is -1.96. The molecule has 1 rings (SSSR count). The van der Waals surface area contributed by atoms with Crippen molar-refractivity contribution in [1.82, 2.24) is 0 Å². The Bertz CT molecular complexity index is 412. The number of methoxy groups -OCH3 is 2. The third kappa shape index (κ3) is 1.94. The Morgan fingerprint density at radius 1 is 1.47 bits per heavy atom. The molecule has 80 valence electrons. The lowest BCUT2D eigenvalue weighted by atomic mass is 10.1. The van der Waals surface area contributed by atoms with E-state index in [4.69, 9.17) is 14.7 Å². The van der Waals surface area contributed by atoms with Gasteiger partial charge in [-0.05, 0) is 0 Å². The Morgan fingerprint density at radius 3 is 2.60 bits per heavy atom. The lowest BCUT2D eigenvalue weighted by Gasteiger charge is -2.12. The number of hydrogen-bond acceptors (Lipinski definition) is 4. The van der Waals surface area contributed by atoms with Crippen LogP contribution in [0.15, 0.2) is 6.07 Å². The minimum absolute atomic E-state index is 0.0943. The molecule has 15 heavy (non-hydrogen) atoms. The van der Waals surface area contributed by atoms with Gasteiger partial charge in [0.05, 0.1) is 32.3 Å². The van der Waals surface area contributed by atoms with Gasteiger partial charge in [-0.25, -0.2) is 4.39 Å². The summed E-state index contributed by atoms with van der Waals surface area (Å²) < 4.78 is 23.0. The number of benzene rings is 1. The highest BCUT2D eigenvalue weighted by molar-refractivity contribution is 5.55. The van der Waals surface area contributed by atoms with Gasteiger partial charge in [-0.15, -0.1) is 0 Å². The summed E-state index contributed by atoms with van der Waals surface area (Å²) in [5.41, 5.74) is 0.0943. The molecular weight excluding hydrogens is 201 g/mol. The van der Waals surface area contributed by atoms with Crippen molar-refractivity contribution in [2.45, 2.75) is 6.42 Å². The van der Waals surface area contributed by atoms with Gasteiger partial charge < -0.3 is 14.6 Å². The van der Waals surface area contributed by atoms with Crippen LogP contribution in [0.3, 0.4) is 0 Å². The van der Waals surface area contributed by atoms with Crippen molar-refractivity contribution >= 4 is 0 Å². The van der Waals surface area contributed by atoms with Crippen LogP contribution < -0.4 is 9.47 Å². The molecule has 0 fully saturated rings. The molecule has 1 aromatic rings. The normalized spacial score (nSPS) is 9.47. The first-order chi connectivity index (χ1) is 7.15. The van der Waals surface area contributed by atoms with Crippen LogP contribution in [0.5, 0.6) is 17.2 Å². The summed E-state index contributed by atoms with van der Waals surface area (Å²) in [6.07, 6.45) is -0.150. The Kier molecular flexibility index (Phi) is 3.34. The standard InChI is InChI=1S/C10H10FNO3/c1-14-8-5-7(11)9(13)6(3-4-12)10(8)15-2/h5,13H,3H2,1-2H3. The van der Waals surface area contributed by atoms with Crippen LogP contribution in [-0.4, -0.2) is 19.3 Å². The maximum Gasteiger partial charge on any atom is 0.169 e. The molecule has 0 bridgehead atoms.